The first-order chi connectivity index (χ1) is 14.6. The Morgan fingerprint density at radius 3 is 2.40 bits per heavy atom. The highest BCUT2D eigenvalue weighted by Crippen LogP contribution is 2.35. The number of carbonyl (C=O) groups is 1. The highest BCUT2D eigenvalue weighted by atomic mass is 35.5. The third kappa shape index (κ3) is 5.84. The molecule has 2 heterocycles. The minimum atomic E-state index is -0.199. The first kappa shape index (κ1) is 21.9. The molecule has 1 amide bonds. The average molecular weight is 445 g/mol. The number of carbonyl (C=O) groups excluding carboxylic acids is 1. The first-order valence-electron chi connectivity index (χ1n) is 9.14. The summed E-state index contributed by atoms with van der Waals surface area (Å²) in [6.45, 7) is 0.469. The minimum Gasteiger partial charge on any atom is -0.481 e. The molecule has 1 N–H and O–H groups in total. The normalized spacial score (nSPS) is 11.6. The molecular formula is C21H21ClN4O3S. The molecule has 0 saturated carbocycles. The van der Waals surface area contributed by atoms with E-state index >= 15 is 0 Å². The zero-order chi connectivity index (χ0) is 21.3. The molecule has 0 fully saturated rings. The number of hydrogen-bond donors (Lipinski definition) is 1. The Kier molecular flexibility index (Phi) is 7.87. The van der Waals surface area contributed by atoms with Crippen molar-refractivity contribution in [1.29, 1.82) is 0 Å². The van der Waals surface area contributed by atoms with E-state index in [1.807, 2.05) is 30.3 Å². The summed E-state index contributed by atoms with van der Waals surface area (Å²) in [4.78, 5) is 25.2. The van der Waals surface area contributed by atoms with Crippen LogP contribution in [0.2, 0.25) is 5.15 Å². The minimum absolute atomic E-state index is 0.149. The van der Waals surface area contributed by atoms with Crippen molar-refractivity contribution >= 4 is 29.3 Å². The summed E-state index contributed by atoms with van der Waals surface area (Å²) in [6, 6.07) is 14.8. The molecule has 9 heteroatoms. The number of benzene rings is 1. The molecule has 0 saturated heterocycles. The molecule has 0 aliphatic heterocycles. The standard InChI is InChI=1S/C21H21ClN4O3S/c1-28-17-12-18(29-2)26-20(25-17)19(14-6-4-3-5-7-14)30-11-10-23-21(27)15-8-9-16(22)24-13-15/h3-9,12-13,19H,10-11H2,1-2H3,(H,23,27). The van der Waals surface area contributed by atoms with Gasteiger partial charge in [-0.05, 0) is 17.7 Å². The molecule has 156 valence electrons. The third-order valence-electron chi connectivity index (χ3n) is 4.11. The molecule has 1 unspecified atom stereocenters. The largest absolute Gasteiger partial charge is 0.481 e. The molecule has 0 bridgehead atoms. The van der Waals surface area contributed by atoms with Crippen LogP contribution in [0.15, 0.2) is 54.7 Å². The van der Waals surface area contributed by atoms with Crippen molar-refractivity contribution in [2.45, 2.75) is 5.25 Å². The van der Waals surface area contributed by atoms with E-state index in [-0.39, 0.29) is 11.2 Å². The summed E-state index contributed by atoms with van der Waals surface area (Å²) in [5.41, 5.74) is 1.51. The monoisotopic (exact) mass is 444 g/mol. The van der Waals surface area contributed by atoms with Gasteiger partial charge in [0.05, 0.1) is 31.1 Å². The van der Waals surface area contributed by atoms with Gasteiger partial charge in [0.2, 0.25) is 11.8 Å². The fraction of sp³-hybridized carbons (Fsp3) is 0.238. The summed E-state index contributed by atoms with van der Waals surface area (Å²) in [7, 11) is 3.11. The molecule has 3 rings (SSSR count). The van der Waals surface area contributed by atoms with E-state index < -0.39 is 0 Å². The number of aromatic nitrogens is 3. The maximum absolute atomic E-state index is 12.2. The van der Waals surface area contributed by atoms with E-state index in [1.54, 1.807) is 44.2 Å². The first-order valence-corrected chi connectivity index (χ1v) is 10.6. The fourth-order valence-corrected chi connectivity index (χ4v) is 3.82. The van der Waals surface area contributed by atoms with Crippen LogP contribution in [0.5, 0.6) is 11.8 Å². The molecule has 0 radical (unpaired) electrons. The van der Waals surface area contributed by atoms with Gasteiger partial charge < -0.3 is 14.8 Å². The highest BCUT2D eigenvalue weighted by molar-refractivity contribution is 7.99. The number of halogens is 1. The predicted octanol–water partition coefficient (Wildman–Crippen LogP) is 3.79. The Bertz CT molecular complexity index is 951. The Labute approximate surface area is 184 Å². The number of nitrogens with zero attached hydrogens (tertiary/aromatic N) is 3. The predicted molar refractivity (Wildman–Crippen MR) is 117 cm³/mol. The number of pyridine rings is 1. The molecule has 30 heavy (non-hydrogen) atoms. The van der Waals surface area contributed by atoms with Gasteiger partial charge in [0.25, 0.3) is 5.91 Å². The van der Waals surface area contributed by atoms with Crippen LogP contribution in [-0.4, -0.2) is 47.4 Å². The summed E-state index contributed by atoms with van der Waals surface area (Å²) >= 11 is 7.38. The van der Waals surface area contributed by atoms with Crippen LogP contribution >= 0.6 is 23.4 Å². The number of rotatable bonds is 9. The van der Waals surface area contributed by atoms with Gasteiger partial charge in [0.1, 0.15) is 5.15 Å². The molecule has 0 aliphatic carbocycles. The molecular weight excluding hydrogens is 424 g/mol. The number of hydrogen-bond acceptors (Lipinski definition) is 7. The number of nitrogens with one attached hydrogen (secondary N) is 1. The lowest BCUT2D eigenvalue weighted by Crippen LogP contribution is -2.26. The van der Waals surface area contributed by atoms with Crippen molar-refractivity contribution in [2.24, 2.45) is 0 Å². The molecule has 1 atom stereocenters. The maximum atomic E-state index is 12.2. The third-order valence-corrected chi connectivity index (χ3v) is 5.59. The topological polar surface area (TPSA) is 86.2 Å². The van der Waals surface area contributed by atoms with Gasteiger partial charge in [-0.1, -0.05) is 41.9 Å². The van der Waals surface area contributed by atoms with Crippen LogP contribution in [0.3, 0.4) is 0 Å². The van der Waals surface area contributed by atoms with Crippen LogP contribution in [0.1, 0.15) is 27.0 Å². The SMILES string of the molecule is COc1cc(OC)nc(C(SCCNC(=O)c2ccc(Cl)nc2)c2ccccc2)n1. The van der Waals surface area contributed by atoms with Crippen molar-refractivity contribution in [3.63, 3.8) is 0 Å². The van der Waals surface area contributed by atoms with Crippen molar-refractivity contribution in [3.8, 4) is 11.8 Å². The van der Waals surface area contributed by atoms with Gasteiger partial charge in [-0.15, -0.1) is 11.8 Å². The lowest BCUT2D eigenvalue weighted by molar-refractivity contribution is 0.0956. The Hall–Kier alpha value is -2.84. The lowest BCUT2D eigenvalue weighted by Gasteiger charge is -2.17. The lowest BCUT2D eigenvalue weighted by atomic mass is 10.1. The number of ether oxygens (including phenoxy) is 2. The number of methoxy groups -OCH3 is 2. The van der Waals surface area contributed by atoms with Crippen LogP contribution < -0.4 is 14.8 Å². The fourth-order valence-electron chi connectivity index (χ4n) is 2.65. The summed E-state index contributed by atoms with van der Waals surface area (Å²) in [6.07, 6.45) is 1.45. The van der Waals surface area contributed by atoms with Crippen LogP contribution in [0.4, 0.5) is 0 Å². The van der Waals surface area contributed by atoms with Gasteiger partial charge in [0.15, 0.2) is 5.82 Å². The maximum Gasteiger partial charge on any atom is 0.252 e. The molecule has 7 nitrogen and oxygen atoms in total. The Morgan fingerprint density at radius 2 is 1.80 bits per heavy atom. The van der Waals surface area contributed by atoms with E-state index in [0.29, 0.717) is 40.6 Å². The summed E-state index contributed by atoms with van der Waals surface area (Å²) in [5, 5.41) is 3.09. The van der Waals surface area contributed by atoms with Gasteiger partial charge in [-0.2, -0.15) is 9.97 Å². The zero-order valence-electron chi connectivity index (χ0n) is 16.5. The second-order valence-corrected chi connectivity index (χ2v) is 7.70. The van der Waals surface area contributed by atoms with Crippen molar-refractivity contribution in [1.82, 2.24) is 20.3 Å². The molecule has 2 aromatic heterocycles. The number of thioether (sulfide) groups is 1. The van der Waals surface area contributed by atoms with Crippen LogP contribution in [0.25, 0.3) is 0 Å². The van der Waals surface area contributed by atoms with Gasteiger partial charge in [-0.3, -0.25) is 4.79 Å². The summed E-state index contributed by atoms with van der Waals surface area (Å²) < 4.78 is 10.6. The Balaban J connectivity index is 1.70. The highest BCUT2D eigenvalue weighted by Gasteiger charge is 2.20. The van der Waals surface area contributed by atoms with Crippen molar-refractivity contribution in [2.75, 3.05) is 26.5 Å². The van der Waals surface area contributed by atoms with Gasteiger partial charge >= 0.3 is 0 Å². The van der Waals surface area contributed by atoms with Crippen LogP contribution in [0, 0.1) is 0 Å². The second kappa shape index (κ2) is 10.8. The quantitative estimate of drug-likeness (QED) is 0.397. The van der Waals surface area contributed by atoms with E-state index in [4.69, 9.17) is 21.1 Å². The number of amides is 1. The van der Waals surface area contributed by atoms with Crippen molar-refractivity contribution in [3.05, 3.63) is 76.8 Å². The average Bonchev–Trinajstić information content (AvgIpc) is 2.79. The molecule has 1 aromatic carbocycles. The van der Waals surface area contributed by atoms with Crippen molar-refractivity contribution < 1.29 is 14.3 Å². The van der Waals surface area contributed by atoms with E-state index in [0.717, 1.165) is 5.56 Å². The second-order valence-electron chi connectivity index (χ2n) is 6.10. The summed E-state index contributed by atoms with van der Waals surface area (Å²) in [5.74, 6) is 1.89. The molecule has 0 aliphatic rings. The smallest absolute Gasteiger partial charge is 0.252 e. The van der Waals surface area contributed by atoms with E-state index in [1.165, 1.54) is 6.20 Å². The molecule has 3 aromatic rings. The van der Waals surface area contributed by atoms with E-state index in [2.05, 4.69) is 20.3 Å². The molecule has 0 spiro atoms. The van der Waals surface area contributed by atoms with Crippen LogP contribution in [-0.2, 0) is 0 Å². The van der Waals surface area contributed by atoms with E-state index in [9.17, 15) is 4.79 Å². The van der Waals surface area contributed by atoms with Gasteiger partial charge in [-0.25, -0.2) is 4.98 Å². The zero-order valence-corrected chi connectivity index (χ0v) is 18.1. The van der Waals surface area contributed by atoms with Gasteiger partial charge in [0, 0.05) is 18.5 Å². The Morgan fingerprint density at radius 1 is 1.10 bits per heavy atom.